The Hall–Kier alpha value is -1.80. The van der Waals surface area contributed by atoms with Crippen LogP contribution in [0.4, 0.5) is 5.69 Å². The second kappa shape index (κ2) is 5.68. The monoisotopic (exact) mass is 266 g/mol. The summed E-state index contributed by atoms with van der Waals surface area (Å²) in [5, 5.41) is 3.45. The van der Waals surface area contributed by atoms with Gasteiger partial charge in [-0.2, -0.15) is 0 Å². The quantitative estimate of drug-likeness (QED) is 0.913. The van der Waals surface area contributed by atoms with Crippen molar-refractivity contribution in [3.05, 3.63) is 65.2 Å². The van der Waals surface area contributed by atoms with E-state index in [4.69, 9.17) is 0 Å². The van der Waals surface area contributed by atoms with Crippen LogP contribution in [0.5, 0.6) is 0 Å². The average molecular weight is 266 g/mol. The van der Waals surface area contributed by atoms with Crippen LogP contribution in [0.15, 0.2) is 48.5 Å². The molecule has 1 N–H and O–H groups in total. The van der Waals surface area contributed by atoms with Crippen LogP contribution < -0.4 is 10.2 Å². The van der Waals surface area contributed by atoms with Gasteiger partial charge in [0.05, 0.1) is 0 Å². The number of para-hydroxylation sites is 1. The minimum absolute atomic E-state index is 0.377. The molecule has 104 valence electrons. The van der Waals surface area contributed by atoms with Gasteiger partial charge < -0.3 is 10.2 Å². The van der Waals surface area contributed by atoms with Crippen molar-refractivity contribution in [3.63, 3.8) is 0 Å². The summed E-state index contributed by atoms with van der Waals surface area (Å²) in [6.45, 7) is 4.29. The van der Waals surface area contributed by atoms with Gasteiger partial charge in [-0.15, -0.1) is 0 Å². The zero-order chi connectivity index (χ0) is 13.9. The molecule has 0 bridgehead atoms. The van der Waals surface area contributed by atoms with Crippen LogP contribution in [0, 0.1) is 6.92 Å². The lowest BCUT2D eigenvalue weighted by Crippen LogP contribution is -2.32. The summed E-state index contributed by atoms with van der Waals surface area (Å²) in [7, 11) is 2.05. The highest BCUT2D eigenvalue weighted by atomic mass is 15.2. The average Bonchev–Trinajstić information content (AvgIpc) is 2.89. The van der Waals surface area contributed by atoms with Crippen molar-refractivity contribution in [1.82, 2.24) is 5.32 Å². The zero-order valence-corrected chi connectivity index (χ0v) is 12.3. The van der Waals surface area contributed by atoms with Crippen LogP contribution in [-0.2, 0) is 6.42 Å². The smallest absolute Gasteiger partial charge is 0.0495 e. The normalized spacial score (nSPS) is 15.2. The van der Waals surface area contributed by atoms with Gasteiger partial charge in [0.25, 0.3) is 0 Å². The van der Waals surface area contributed by atoms with Gasteiger partial charge >= 0.3 is 0 Å². The van der Waals surface area contributed by atoms with Gasteiger partial charge in [-0.3, -0.25) is 0 Å². The highest BCUT2D eigenvalue weighted by Crippen LogP contribution is 2.29. The van der Waals surface area contributed by atoms with Crippen molar-refractivity contribution >= 4 is 5.69 Å². The Labute approximate surface area is 121 Å². The molecule has 20 heavy (non-hydrogen) atoms. The van der Waals surface area contributed by atoms with E-state index in [0.717, 1.165) is 13.1 Å². The fourth-order valence-corrected chi connectivity index (χ4v) is 2.98. The molecular weight excluding hydrogens is 244 g/mol. The van der Waals surface area contributed by atoms with Crippen LogP contribution in [0.25, 0.3) is 0 Å². The Morgan fingerprint density at radius 3 is 2.60 bits per heavy atom. The Balaban J connectivity index is 1.78. The lowest BCUT2D eigenvalue weighted by molar-refractivity contribution is 0.579. The first kappa shape index (κ1) is 13.2. The largest absolute Gasteiger partial charge is 0.369 e. The number of fused-ring (bicyclic) bond motifs is 1. The minimum Gasteiger partial charge on any atom is -0.369 e. The fourth-order valence-electron chi connectivity index (χ4n) is 2.98. The molecule has 0 saturated heterocycles. The summed E-state index contributed by atoms with van der Waals surface area (Å²) >= 11 is 0. The summed E-state index contributed by atoms with van der Waals surface area (Å²) in [6, 6.07) is 18.0. The first-order chi connectivity index (χ1) is 9.78. The number of hydrogen-bond donors (Lipinski definition) is 1. The van der Waals surface area contributed by atoms with Crippen molar-refractivity contribution in [2.45, 2.75) is 19.4 Å². The fraction of sp³-hybridized carbons (Fsp3) is 0.333. The molecule has 3 rings (SSSR count). The number of nitrogens with zero attached hydrogens (tertiary/aromatic N) is 1. The van der Waals surface area contributed by atoms with Gasteiger partial charge in [0, 0.05) is 24.8 Å². The van der Waals surface area contributed by atoms with Gasteiger partial charge in [0.2, 0.25) is 0 Å². The number of rotatable bonds is 4. The summed E-state index contributed by atoms with van der Waals surface area (Å²) in [5.74, 6) is 0. The Bertz CT molecular complexity index is 574. The highest BCUT2D eigenvalue weighted by Gasteiger charge is 2.21. The van der Waals surface area contributed by atoms with Gasteiger partial charge in [0.15, 0.2) is 0 Å². The number of benzene rings is 2. The summed E-state index contributed by atoms with van der Waals surface area (Å²) < 4.78 is 0. The first-order valence-electron chi connectivity index (χ1n) is 7.34. The SMILES string of the molecule is CNC(CN1CCc2ccccc21)c1ccc(C)cc1. The maximum absolute atomic E-state index is 3.45. The van der Waals surface area contributed by atoms with E-state index in [1.54, 1.807) is 0 Å². The molecule has 2 nitrogen and oxygen atoms in total. The van der Waals surface area contributed by atoms with Crippen LogP contribution >= 0.6 is 0 Å². The molecule has 1 atom stereocenters. The molecule has 2 aromatic rings. The number of aryl methyl sites for hydroxylation is 1. The van der Waals surface area contributed by atoms with Gasteiger partial charge in [-0.25, -0.2) is 0 Å². The van der Waals surface area contributed by atoms with E-state index in [0.29, 0.717) is 6.04 Å². The summed E-state index contributed by atoms with van der Waals surface area (Å²) in [5.41, 5.74) is 5.56. The van der Waals surface area contributed by atoms with Gasteiger partial charge in [-0.05, 0) is 37.6 Å². The standard InChI is InChI=1S/C18H22N2/c1-14-7-9-15(10-8-14)17(19-2)13-20-12-11-16-5-3-4-6-18(16)20/h3-10,17,19H,11-13H2,1-2H3. The van der Waals surface area contributed by atoms with Gasteiger partial charge in [0.1, 0.15) is 0 Å². The maximum atomic E-state index is 3.45. The molecule has 0 amide bonds. The minimum atomic E-state index is 0.377. The van der Waals surface area contributed by atoms with Crippen LogP contribution in [0.3, 0.4) is 0 Å². The van der Waals surface area contributed by atoms with Crippen molar-refractivity contribution < 1.29 is 0 Å². The third kappa shape index (κ3) is 2.56. The molecule has 0 saturated carbocycles. The van der Waals surface area contributed by atoms with Gasteiger partial charge in [-0.1, -0.05) is 48.0 Å². The lowest BCUT2D eigenvalue weighted by Gasteiger charge is -2.26. The first-order valence-corrected chi connectivity index (χ1v) is 7.34. The molecule has 1 aliphatic heterocycles. The Morgan fingerprint density at radius 2 is 1.85 bits per heavy atom. The molecule has 0 fully saturated rings. The van der Waals surface area contributed by atoms with E-state index >= 15 is 0 Å². The van der Waals surface area contributed by atoms with E-state index in [1.165, 1.54) is 28.8 Å². The molecule has 0 radical (unpaired) electrons. The molecule has 1 heterocycles. The maximum Gasteiger partial charge on any atom is 0.0495 e. The van der Waals surface area contributed by atoms with E-state index in [1.807, 2.05) is 7.05 Å². The van der Waals surface area contributed by atoms with Crippen LogP contribution in [0.1, 0.15) is 22.7 Å². The molecule has 0 aliphatic carbocycles. The predicted octanol–water partition coefficient (Wildman–Crippen LogP) is 3.32. The number of hydrogen-bond acceptors (Lipinski definition) is 2. The van der Waals surface area contributed by atoms with Crippen molar-refractivity contribution in [3.8, 4) is 0 Å². The second-order valence-corrected chi connectivity index (χ2v) is 5.58. The van der Waals surface area contributed by atoms with Crippen LogP contribution in [-0.4, -0.2) is 20.1 Å². The molecule has 2 heteroatoms. The Morgan fingerprint density at radius 1 is 1.10 bits per heavy atom. The summed E-state index contributed by atoms with van der Waals surface area (Å²) in [4.78, 5) is 2.50. The van der Waals surface area contributed by atoms with E-state index in [-0.39, 0.29) is 0 Å². The molecule has 1 aliphatic rings. The summed E-state index contributed by atoms with van der Waals surface area (Å²) in [6.07, 6.45) is 1.17. The second-order valence-electron chi connectivity index (χ2n) is 5.58. The highest BCUT2D eigenvalue weighted by molar-refractivity contribution is 5.58. The lowest BCUT2D eigenvalue weighted by atomic mass is 10.0. The van der Waals surface area contributed by atoms with E-state index in [9.17, 15) is 0 Å². The topological polar surface area (TPSA) is 15.3 Å². The predicted molar refractivity (Wildman–Crippen MR) is 85.3 cm³/mol. The van der Waals surface area contributed by atoms with Crippen LogP contribution in [0.2, 0.25) is 0 Å². The number of anilines is 1. The molecule has 2 aromatic carbocycles. The third-order valence-corrected chi connectivity index (χ3v) is 4.21. The Kier molecular flexibility index (Phi) is 3.75. The number of likely N-dealkylation sites (N-methyl/N-ethyl adjacent to an activating group) is 1. The third-order valence-electron chi connectivity index (χ3n) is 4.21. The van der Waals surface area contributed by atoms with E-state index in [2.05, 4.69) is 65.7 Å². The van der Waals surface area contributed by atoms with Crippen molar-refractivity contribution in [2.75, 3.05) is 25.0 Å². The van der Waals surface area contributed by atoms with E-state index < -0.39 is 0 Å². The molecular formula is C18H22N2. The van der Waals surface area contributed by atoms with Crippen molar-refractivity contribution in [2.24, 2.45) is 0 Å². The molecule has 0 spiro atoms. The molecule has 1 unspecified atom stereocenters. The zero-order valence-electron chi connectivity index (χ0n) is 12.3. The number of nitrogens with one attached hydrogen (secondary N) is 1. The van der Waals surface area contributed by atoms with Crippen molar-refractivity contribution in [1.29, 1.82) is 0 Å². The molecule has 0 aromatic heterocycles.